The first-order valence-corrected chi connectivity index (χ1v) is 9.62. The molecule has 0 atom stereocenters. The number of rotatable bonds is 9. The second-order valence-electron chi connectivity index (χ2n) is 5.66. The van der Waals surface area contributed by atoms with Gasteiger partial charge in [0.05, 0.1) is 4.90 Å². The highest BCUT2D eigenvalue weighted by molar-refractivity contribution is 7.89. The Bertz CT molecular complexity index is 898. The minimum absolute atomic E-state index is 0.0121. The summed E-state index contributed by atoms with van der Waals surface area (Å²) in [5, 5.41) is 2.60. The van der Waals surface area contributed by atoms with E-state index < -0.39 is 10.0 Å². The van der Waals surface area contributed by atoms with Crippen LogP contribution in [0.25, 0.3) is 0 Å². The van der Waals surface area contributed by atoms with Crippen molar-refractivity contribution in [2.75, 3.05) is 26.7 Å². The van der Waals surface area contributed by atoms with Crippen LogP contribution in [0.2, 0.25) is 0 Å². The first-order chi connectivity index (χ1) is 12.8. The molecule has 144 valence electrons. The lowest BCUT2D eigenvalue weighted by Crippen LogP contribution is -2.31. The molecule has 0 radical (unpaired) electrons. The van der Waals surface area contributed by atoms with Gasteiger partial charge < -0.3 is 10.1 Å². The fourth-order valence-electron chi connectivity index (χ4n) is 2.19. The van der Waals surface area contributed by atoms with Crippen LogP contribution in [0, 0.1) is 5.82 Å². The van der Waals surface area contributed by atoms with Crippen molar-refractivity contribution >= 4 is 15.9 Å². The van der Waals surface area contributed by atoms with E-state index >= 15 is 0 Å². The van der Waals surface area contributed by atoms with Gasteiger partial charge in [-0.25, -0.2) is 12.8 Å². The molecule has 2 rings (SSSR count). The largest absolute Gasteiger partial charge is 0.492 e. The predicted molar refractivity (Wildman–Crippen MR) is 101 cm³/mol. The maximum Gasteiger partial charge on any atom is 0.251 e. The molecular weight excluding hydrogens is 371 g/mol. The van der Waals surface area contributed by atoms with Gasteiger partial charge in [0.2, 0.25) is 10.0 Å². The highest BCUT2D eigenvalue weighted by Crippen LogP contribution is 2.16. The molecule has 0 heterocycles. The van der Waals surface area contributed by atoms with Gasteiger partial charge in [0.25, 0.3) is 5.91 Å². The van der Waals surface area contributed by atoms with E-state index in [2.05, 4.69) is 11.9 Å². The van der Waals surface area contributed by atoms with Crippen molar-refractivity contribution in [2.24, 2.45) is 0 Å². The van der Waals surface area contributed by atoms with E-state index in [1.54, 1.807) is 0 Å². The molecule has 0 spiro atoms. The quantitative estimate of drug-likeness (QED) is 0.665. The molecule has 0 aliphatic rings. The zero-order valence-corrected chi connectivity index (χ0v) is 15.7. The van der Waals surface area contributed by atoms with Gasteiger partial charge in [-0.2, -0.15) is 4.31 Å². The van der Waals surface area contributed by atoms with Gasteiger partial charge in [0.15, 0.2) is 0 Å². The Kier molecular flexibility index (Phi) is 7.09. The number of benzene rings is 2. The highest BCUT2D eigenvalue weighted by atomic mass is 32.2. The fourth-order valence-corrected chi connectivity index (χ4v) is 3.39. The van der Waals surface area contributed by atoms with E-state index in [-0.39, 0.29) is 41.9 Å². The van der Waals surface area contributed by atoms with Crippen molar-refractivity contribution in [3.05, 3.63) is 72.6 Å². The normalized spacial score (nSPS) is 11.2. The number of halogens is 1. The number of nitrogens with one attached hydrogen (secondary N) is 1. The summed E-state index contributed by atoms with van der Waals surface area (Å²) in [6, 6.07) is 11.3. The topological polar surface area (TPSA) is 75.7 Å². The maximum atomic E-state index is 12.9. The lowest BCUT2D eigenvalue weighted by molar-refractivity contribution is 0.0958. The summed E-state index contributed by atoms with van der Waals surface area (Å²) in [4.78, 5) is 12.0. The van der Waals surface area contributed by atoms with E-state index in [1.165, 1.54) is 61.7 Å². The van der Waals surface area contributed by atoms with Gasteiger partial charge in [-0.1, -0.05) is 12.1 Å². The van der Waals surface area contributed by atoms with Gasteiger partial charge in [0, 0.05) is 25.7 Å². The van der Waals surface area contributed by atoms with Crippen LogP contribution in [0.15, 0.2) is 66.1 Å². The number of hydrogen-bond donors (Lipinski definition) is 1. The molecule has 0 aliphatic heterocycles. The van der Waals surface area contributed by atoms with Gasteiger partial charge in [-0.3, -0.25) is 4.79 Å². The van der Waals surface area contributed by atoms with Crippen LogP contribution in [-0.2, 0) is 10.0 Å². The van der Waals surface area contributed by atoms with E-state index in [0.29, 0.717) is 5.75 Å². The van der Waals surface area contributed by atoms with Crippen LogP contribution in [0.3, 0.4) is 0 Å². The van der Waals surface area contributed by atoms with Crippen molar-refractivity contribution < 1.29 is 22.3 Å². The molecule has 0 saturated heterocycles. The summed E-state index contributed by atoms with van der Waals surface area (Å²) in [6.07, 6.45) is 1.54. The van der Waals surface area contributed by atoms with Gasteiger partial charge >= 0.3 is 0 Å². The third-order valence-corrected chi connectivity index (χ3v) is 5.55. The number of amides is 1. The Balaban J connectivity index is 2.02. The average Bonchev–Trinajstić information content (AvgIpc) is 2.67. The summed E-state index contributed by atoms with van der Waals surface area (Å²) < 4.78 is 44.8. The summed E-state index contributed by atoms with van der Waals surface area (Å²) >= 11 is 0. The van der Waals surface area contributed by atoms with E-state index in [0.717, 1.165) is 4.31 Å². The lowest BCUT2D eigenvalue weighted by Gasteiger charge is -2.18. The molecular formula is C19H21FN2O4S. The van der Waals surface area contributed by atoms with Crippen molar-refractivity contribution in [2.45, 2.75) is 4.90 Å². The lowest BCUT2D eigenvalue weighted by atomic mass is 10.2. The van der Waals surface area contributed by atoms with E-state index in [1.807, 2.05) is 0 Å². The molecule has 2 aromatic carbocycles. The molecule has 0 fully saturated rings. The Morgan fingerprint density at radius 1 is 1.26 bits per heavy atom. The van der Waals surface area contributed by atoms with E-state index in [4.69, 9.17) is 4.74 Å². The Morgan fingerprint density at radius 2 is 1.96 bits per heavy atom. The fraction of sp³-hybridized carbons (Fsp3) is 0.211. The van der Waals surface area contributed by atoms with Crippen LogP contribution in [0.5, 0.6) is 5.75 Å². The van der Waals surface area contributed by atoms with Crippen molar-refractivity contribution in [3.8, 4) is 5.75 Å². The smallest absolute Gasteiger partial charge is 0.251 e. The standard InChI is InChI=1S/C19H21FN2O4S/c1-3-11-21-19(23)15-5-4-6-18(14-15)27(24,25)22(2)12-13-26-17-9-7-16(20)8-10-17/h3-10,14H,1,11-13H2,2H3,(H,21,23). The SMILES string of the molecule is C=CCNC(=O)c1cccc(S(=O)(=O)N(C)CCOc2ccc(F)cc2)c1. The van der Waals surface area contributed by atoms with Crippen molar-refractivity contribution in [1.29, 1.82) is 0 Å². The maximum absolute atomic E-state index is 12.9. The van der Waals surface area contributed by atoms with Gasteiger partial charge in [-0.15, -0.1) is 6.58 Å². The molecule has 8 heteroatoms. The second-order valence-corrected chi connectivity index (χ2v) is 7.70. The Morgan fingerprint density at radius 3 is 2.63 bits per heavy atom. The molecule has 27 heavy (non-hydrogen) atoms. The van der Waals surface area contributed by atoms with Gasteiger partial charge in [0.1, 0.15) is 18.2 Å². The first-order valence-electron chi connectivity index (χ1n) is 8.18. The highest BCUT2D eigenvalue weighted by Gasteiger charge is 2.21. The van der Waals surface area contributed by atoms with Crippen LogP contribution in [0.4, 0.5) is 4.39 Å². The van der Waals surface area contributed by atoms with Crippen LogP contribution in [0.1, 0.15) is 10.4 Å². The van der Waals surface area contributed by atoms with Crippen molar-refractivity contribution in [3.63, 3.8) is 0 Å². The zero-order chi connectivity index (χ0) is 19.9. The molecule has 1 amide bonds. The number of hydrogen-bond acceptors (Lipinski definition) is 4. The van der Waals surface area contributed by atoms with Crippen LogP contribution < -0.4 is 10.1 Å². The molecule has 0 aromatic heterocycles. The molecule has 0 saturated carbocycles. The number of carbonyl (C=O) groups is 1. The predicted octanol–water partition coefficient (Wildman–Crippen LogP) is 2.44. The summed E-state index contributed by atoms with van der Waals surface area (Å²) in [5.74, 6) is -0.309. The number of ether oxygens (including phenoxy) is 1. The molecule has 0 unspecified atom stereocenters. The van der Waals surface area contributed by atoms with Crippen molar-refractivity contribution in [1.82, 2.24) is 9.62 Å². The zero-order valence-electron chi connectivity index (χ0n) is 14.9. The number of sulfonamides is 1. The Hall–Kier alpha value is -2.71. The number of likely N-dealkylation sites (N-methyl/N-ethyl adjacent to an activating group) is 1. The Labute approximate surface area is 158 Å². The summed E-state index contributed by atoms with van der Waals surface area (Å²) in [5.41, 5.74) is 0.244. The van der Waals surface area contributed by atoms with Crippen LogP contribution >= 0.6 is 0 Å². The number of nitrogens with zero attached hydrogens (tertiary/aromatic N) is 1. The summed E-state index contributed by atoms with van der Waals surface area (Å²) in [6.45, 7) is 3.99. The second kappa shape index (κ2) is 9.29. The monoisotopic (exact) mass is 392 g/mol. The third kappa shape index (κ3) is 5.63. The molecule has 0 aliphatic carbocycles. The minimum atomic E-state index is -3.78. The summed E-state index contributed by atoms with van der Waals surface area (Å²) in [7, 11) is -2.36. The minimum Gasteiger partial charge on any atom is -0.492 e. The third-order valence-electron chi connectivity index (χ3n) is 3.70. The molecule has 2 aromatic rings. The number of carbonyl (C=O) groups excluding carboxylic acids is 1. The van der Waals surface area contributed by atoms with Gasteiger partial charge in [-0.05, 0) is 42.5 Å². The molecule has 6 nitrogen and oxygen atoms in total. The average molecular weight is 392 g/mol. The molecule has 1 N–H and O–H groups in total. The van der Waals surface area contributed by atoms with E-state index in [9.17, 15) is 17.6 Å². The van der Waals surface area contributed by atoms with Crippen LogP contribution in [-0.4, -0.2) is 45.4 Å². The first kappa shape index (κ1) is 20.6. The molecule has 0 bridgehead atoms.